The standard InChI is InChI=1S/C30H35FN6O3S/c1-4-18(2)28(41(32,38)39)26-21-10-9-19(3)27(22(21)11-12-24(26)31)40-29-23(8-6-15-34-29)25-13-16-35-30(37-25)36-20-7-5-14-33-17-20/h6,8-13,15-16,18,20,28,33H,4-5,7,14,17H2,1-3H3,(H2,32,38,39)(H,35,36,37)/t18?,20-,28?/m0/s1. The Balaban J connectivity index is 1.57. The summed E-state index contributed by atoms with van der Waals surface area (Å²) in [6.07, 6.45) is 5.95. The Kier molecular flexibility index (Phi) is 8.48. The lowest BCUT2D eigenvalue weighted by Gasteiger charge is -2.24. The van der Waals surface area contributed by atoms with Crippen LogP contribution in [-0.2, 0) is 10.0 Å². The van der Waals surface area contributed by atoms with Crippen molar-refractivity contribution in [2.24, 2.45) is 11.1 Å². The van der Waals surface area contributed by atoms with Crippen LogP contribution in [0.1, 0.15) is 49.5 Å². The van der Waals surface area contributed by atoms with Gasteiger partial charge < -0.3 is 15.4 Å². The minimum absolute atomic E-state index is 0.0502. The molecular formula is C30H35FN6O3S. The van der Waals surface area contributed by atoms with E-state index in [9.17, 15) is 8.42 Å². The summed E-state index contributed by atoms with van der Waals surface area (Å²) in [5.74, 6) is 0.249. The highest BCUT2D eigenvalue weighted by Crippen LogP contribution is 2.42. The minimum Gasteiger partial charge on any atom is -0.437 e. The fourth-order valence-electron chi connectivity index (χ4n) is 5.39. The van der Waals surface area contributed by atoms with Crippen LogP contribution < -0.4 is 20.5 Å². The third-order valence-corrected chi connectivity index (χ3v) is 9.08. The van der Waals surface area contributed by atoms with Gasteiger partial charge in [-0.2, -0.15) is 0 Å². The molecule has 0 aliphatic carbocycles. The molecule has 2 aromatic heterocycles. The van der Waals surface area contributed by atoms with Gasteiger partial charge in [0.05, 0.1) is 11.3 Å². The minimum atomic E-state index is -4.10. The molecule has 0 amide bonds. The number of halogens is 1. The largest absolute Gasteiger partial charge is 0.437 e. The van der Waals surface area contributed by atoms with E-state index in [0.717, 1.165) is 31.5 Å². The highest BCUT2D eigenvalue weighted by atomic mass is 32.2. The summed E-state index contributed by atoms with van der Waals surface area (Å²) in [6.45, 7) is 7.35. The number of anilines is 1. The van der Waals surface area contributed by atoms with Crippen LogP contribution in [0.25, 0.3) is 22.0 Å². The van der Waals surface area contributed by atoms with Crippen molar-refractivity contribution in [2.45, 2.75) is 51.3 Å². The molecule has 0 spiro atoms. The molecule has 41 heavy (non-hydrogen) atoms. The molecule has 4 aromatic rings. The number of hydrogen-bond donors (Lipinski definition) is 3. The van der Waals surface area contributed by atoms with E-state index in [-0.39, 0.29) is 11.6 Å². The van der Waals surface area contributed by atoms with Gasteiger partial charge in [0.1, 0.15) is 16.8 Å². The molecule has 216 valence electrons. The van der Waals surface area contributed by atoms with Crippen molar-refractivity contribution >= 4 is 26.7 Å². The summed E-state index contributed by atoms with van der Waals surface area (Å²) in [4.78, 5) is 13.6. The van der Waals surface area contributed by atoms with Gasteiger partial charge >= 0.3 is 0 Å². The Bertz CT molecular complexity index is 1660. The molecule has 0 bridgehead atoms. The molecule has 5 rings (SSSR count). The van der Waals surface area contributed by atoms with Crippen molar-refractivity contribution < 1.29 is 17.5 Å². The van der Waals surface area contributed by atoms with Crippen molar-refractivity contribution in [3.8, 4) is 22.9 Å². The van der Waals surface area contributed by atoms with Crippen LogP contribution in [0.3, 0.4) is 0 Å². The van der Waals surface area contributed by atoms with Gasteiger partial charge in [-0.25, -0.2) is 32.9 Å². The molecule has 1 aliphatic heterocycles. The third kappa shape index (κ3) is 6.17. The number of sulfonamides is 1. The van der Waals surface area contributed by atoms with E-state index in [1.54, 1.807) is 49.6 Å². The molecule has 3 heterocycles. The van der Waals surface area contributed by atoms with Gasteiger partial charge in [-0.15, -0.1) is 0 Å². The molecule has 2 unspecified atom stereocenters. The van der Waals surface area contributed by atoms with E-state index in [1.807, 2.05) is 19.9 Å². The Hall–Kier alpha value is -3.67. The topological polar surface area (TPSA) is 132 Å². The van der Waals surface area contributed by atoms with Gasteiger partial charge in [-0.1, -0.05) is 32.4 Å². The van der Waals surface area contributed by atoms with E-state index >= 15 is 4.39 Å². The van der Waals surface area contributed by atoms with Crippen molar-refractivity contribution in [2.75, 3.05) is 18.4 Å². The number of nitrogens with one attached hydrogen (secondary N) is 2. The number of aryl methyl sites for hydroxylation is 1. The summed E-state index contributed by atoms with van der Waals surface area (Å²) in [7, 11) is -4.10. The van der Waals surface area contributed by atoms with E-state index in [0.29, 0.717) is 46.0 Å². The van der Waals surface area contributed by atoms with Gasteiger partial charge in [0.15, 0.2) is 0 Å². The Morgan fingerprint density at radius 3 is 2.68 bits per heavy atom. The first-order valence-corrected chi connectivity index (χ1v) is 15.4. The fourth-order valence-corrected chi connectivity index (χ4v) is 6.80. The number of ether oxygens (including phenoxy) is 1. The number of pyridine rings is 1. The van der Waals surface area contributed by atoms with Crippen LogP contribution in [0.4, 0.5) is 10.3 Å². The first-order chi connectivity index (χ1) is 19.7. The first kappa shape index (κ1) is 28.8. The number of piperidine rings is 1. The summed E-state index contributed by atoms with van der Waals surface area (Å²) in [5.41, 5.74) is 2.11. The van der Waals surface area contributed by atoms with Gasteiger partial charge in [0.2, 0.25) is 21.9 Å². The molecule has 11 heteroatoms. The van der Waals surface area contributed by atoms with E-state index < -0.39 is 27.0 Å². The average molecular weight is 579 g/mol. The van der Waals surface area contributed by atoms with Gasteiger partial charge in [0.25, 0.3) is 0 Å². The Morgan fingerprint density at radius 1 is 1.15 bits per heavy atom. The number of fused-ring (bicyclic) bond motifs is 1. The summed E-state index contributed by atoms with van der Waals surface area (Å²) < 4.78 is 47.1. The molecule has 0 radical (unpaired) electrons. The average Bonchev–Trinajstić information content (AvgIpc) is 2.96. The maximum atomic E-state index is 15.3. The van der Waals surface area contributed by atoms with Crippen molar-refractivity contribution in [1.82, 2.24) is 20.3 Å². The lowest BCUT2D eigenvalue weighted by molar-refractivity contribution is 0.466. The number of nitrogens with zero attached hydrogens (tertiary/aromatic N) is 3. The second kappa shape index (κ2) is 12.1. The van der Waals surface area contributed by atoms with Crippen LogP contribution in [0, 0.1) is 18.7 Å². The summed E-state index contributed by atoms with van der Waals surface area (Å²) >= 11 is 0. The molecular weight excluding hydrogens is 543 g/mol. The molecule has 1 fully saturated rings. The van der Waals surface area contributed by atoms with Gasteiger partial charge in [0, 0.05) is 35.9 Å². The molecule has 1 saturated heterocycles. The molecule has 2 aromatic carbocycles. The third-order valence-electron chi connectivity index (χ3n) is 7.67. The lowest BCUT2D eigenvalue weighted by Crippen LogP contribution is -2.38. The van der Waals surface area contributed by atoms with Crippen LogP contribution in [-0.4, -0.2) is 42.5 Å². The van der Waals surface area contributed by atoms with Crippen LogP contribution in [0.2, 0.25) is 0 Å². The van der Waals surface area contributed by atoms with Crippen LogP contribution in [0.5, 0.6) is 11.6 Å². The van der Waals surface area contributed by atoms with E-state index in [4.69, 9.17) is 14.9 Å². The highest BCUT2D eigenvalue weighted by Gasteiger charge is 2.33. The number of rotatable bonds is 9. The summed E-state index contributed by atoms with van der Waals surface area (Å²) in [6, 6.07) is 12.1. The van der Waals surface area contributed by atoms with Gasteiger partial charge in [-0.3, -0.25) is 0 Å². The van der Waals surface area contributed by atoms with Crippen molar-refractivity contribution in [3.05, 3.63) is 71.8 Å². The molecule has 4 N–H and O–H groups in total. The second-order valence-corrected chi connectivity index (χ2v) is 12.3. The monoisotopic (exact) mass is 578 g/mol. The van der Waals surface area contributed by atoms with Crippen molar-refractivity contribution in [1.29, 1.82) is 0 Å². The highest BCUT2D eigenvalue weighted by molar-refractivity contribution is 7.89. The number of aromatic nitrogens is 3. The van der Waals surface area contributed by atoms with E-state index in [2.05, 4.69) is 20.6 Å². The zero-order valence-corrected chi connectivity index (χ0v) is 24.2. The zero-order chi connectivity index (χ0) is 29.1. The Morgan fingerprint density at radius 2 is 1.95 bits per heavy atom. The molecule has 3 atom stereocenters. The number of benzene rings is 2. The Labute approximate surface area is 239 Å². The lowest BCUT2D eigenvalue weighted by atomic mass is 9.92. The molecule has 0 saturated carbocycles. The maximum absolute atomic E-state index is 15.3. The zero-order valence-electron chi connectivity index (χ0n) is 23.4. The maximum Gasteiger partial charge on any atom is 0.228 e. The molecule has 9 nitrogen and oxygen atoms in total. The first-order valence-electron chi connectivity index (χ1n) is 13.8. The van der Waals surface area contributed by atoms with Gasteiger partial charge in [-0.05, 0) is 73.5 Å². The number of primary sulfonamides is 1. The van der Waals surface area contributed by atoms with Crippen LogP contribution >= 0.6 is 0 Å². The fraction of sp³-hybridized carbons (Fsp3) is 0.367. The normalized spacial score (nSPS) is 17.2. The number of nitrogens with two attached hydrogens (primary N) is 1. The quantitative estimate of drug-likeness (QED) is 0.238. The van der Waals surface area contributed by atoms with E-state index in [1.165, 1.54) is 6.07 Å². The predicted molar refractivity (Wildman–Crippen MR) is 159 cm³/mol. The molecule has 1 aliphatic rings. The second-order valence-electron chi connectivity index (χ2n) is 10.6. The van der Waals surface area contributed by atoms with Crippen LogP contribution in [0.15, 0.2) is 54.9 Å². The predicted octanol–water partition coefficient (Wildman–Crippen LogP) is 5.47. The summed E-state index contributed by atoms with van der Waals surface area (Å²) in [5, 5.41) is 12.2. The SMILES string of the molecule is CCC(C)C(c1c(F)ccc2c(Oc3ncccc3-c3ccnc(N[C@H]4CCCNC4)n3)c(C)ccc12)S(N)(=O)=O. The van der Waals surface area contributed by atoms with Crippen molar-refractivity contribution in [3.63, 3.8) is 0 Å². The number of hydrogen-bond acceptors (Lipinski definition) is 8. The smallest absolute Gasteiger partial charge is 0.228 e.